The van der Waals surface area contributed by atoms with Gasteiger partial charge in [0.2, 0.25) is 5.91 Å². The van der Waals surface area contributed by atoms with Gasteiger partial charge in [0.05, 0.1) is 18.2 Å². The summed E-state index contributed by atoms with van der Waals surface area (Å²) < 4.78 is 5.17. The first-order valence-electron chi connectivity index (χ1n) is 8.06. The fourth-order valence-electron chi connectivity index (χ4n) is 2.42. The SMILES string of the molecule is CC(NC(=O)c1coc(CN)c1)c1ccc(NC(=O)C2CC2)cc1. The van der Waals surface area contributed by atoms with E-state index in [1.54, 1.807) is 6.07 Å². The maximum atomic E-state index is 12.2. The number of nitrogens with two attached hydrogens (primary N) is 1. The van der Waals surface area contributed by atoms with Gasteiger partial charge in [-0.05, 0) is 43.5 Å². The van der Waals surface area contributed by atoms with Gasteiger partial charge < -0.3 is 20.8 Å². The van der Waals surface area contributed by atoms with Crippen molar-refractivity contribution in [3.8, 4) is 0 Å². The maximum Gasteiger partial charge on any atom is 0.255 e. The Morgan fingerprint density at radius 3 is 2.58 bits per heavy atom. The third kappa shape index (κ3) is 3.83. The van der Waals surface area contributed by atoms with E-state index in [4.69, 9.17) is 10.2 Å². The summed E-state index contributed by atoms with van der Waals surface area (Å²) in [6, 6.07) is 8.97. The molecule has 1 aliphatic carbocycles. The summed E-state index contributed by atoms with van der Waals surface area (Å²) in [7, 11) is 0. The predicted molar refractivity (Wildman–Crippen MR) is 90.3 cm³/mol. The molecule has 0 saturated heterocycles. The number of furan rings is 1. The fraction of sp³-hybridized carbons (Fsp3) is 0.333. The van der Waals surface area contributed by atoms with Crippen LogP contribution in [0.2, 0.25) is 0 Å². The summed E-state index contributed by atoms with van der Waals surface area (Å²) >= 11 is 0. The number of nitrogens with one attached hydrogen (secondary N) is 2. The van der Waals surface area contributed by atoms with Crippen LogP contribution in [0.1, 0.15) is 47.5 Å². The first-order valence-corrected chi connectivity index (χ1v) is 8.06. The lowest BCUT2D eigenvalue weighted by molar-refractivity contribution is -0.117. The molecule has 24 heavy (non-hydrogen) atoms. The highest BCUT2D eigenvalue weighted by Crippen LogP contribution is 2.30. The van der Waals surface area contributed by atoms with Gasteiger partial charge in [-0.2, -0.15) is 0 Å². The Morgan fingerprint density at radius 1 is 1.29 bits per heavy atom. The minimum absolute atomic E-state index is 0.0831. The van der Waals surface area contributed by atoms with Gasteiger partial charge in [0.25, 0.3) is 5.91 Å². The topological polar surface area (TPSA) is 97.4 Å². The average molecular weight is 327 g/mol. The number of hydrogen-bond donors (Lipinski definition) is 3. The van der Waals surface area contributed by atoms with Crippen LogP contribution in [-0.4, -0.2) is 11.8 Å². The highest BCUT2D eigenvalue weighted by molar-refractivity contribution is 5.94. The summed E-state index contributed by atoms with van der Waals surface area (Å²) in [5.74, 6) is 0.622. The van der Waals surface area contributed by atoms with Crippen LogP contribution in [0, 0.1) is 5.92 Å². The van der Waals surface area contributed by atoms with Crippen molar-refractivity contribution in [2.24, 2.45) is 11.7 Å². The third-order valence-corrected chi connectivity index (χ3v) is 4.09. The van der Waals surface area contributed by atoms with Crippen LogP contribution < -0.4 is 16.4 Å². The Bertz CT molecular complexity index is 732. The van der Waals surface area contributed by atoms with Crippen molar-refractivity contribution < 1.29 is 14.0 Å². The van der Waals surface area contributed by atoms with Gasteiger partial charge in [-0.25, -0.2) is 0 Å². The molecule has 4 N–H and O–H groups in total. The molecule has 1 heterocycles. The van der Waals surface area contributed by atoms with Crippen LogP contribution in [0.15, 0.2) is 41.0 Å². The van der Waals surface area contributed by atoms with Gasteiger partial charge in [0.1, 0.15) is 12.0 Å². The number of anilines is 1. The second-order valence-corrected chi connectivity index (χ2v) is 6.09. The number of rotatable bonds is 6. The van der Waals surface area contributed by atoms with Crippen LogP contribution in [0.25, 0.3) is 0 Å². The molecule has 6 heteroatoms. The second kappa shape index (κ2) is 6.88. The van der Waals surface area contributed by atoms with E-state index in [2.05, 4.69) is 10.6 Å². The normalized spacial score (nSPS) is 14.9. The standard InChI is InChI=1S/C18H21N3O3/c1-11(20-18(23)14-8-16(9-19)24-10-14)12-4-6-15(7-5-12)21-17(22)13-2-3-13/h4-8,10-11,13H,2-3,9,19H2,1H3,(H,20,23)(H,21,22). The number of carbonyl (C=O) groups excluding carboxylic acids is 2. The zero-order valence-corrected chi connectivity index (χ0v) is 13.5. The summed E-state index contributed by atoms with van der Waals surface area (Å²) in [6.45, 7) is 2.16. The highest BCUT2D eigenvalue weighted by Gasteiger charge is 2.29. The zero-order valence-electron chi connectivity index (χ0n) is 13.5. The molecule has 0 radical (unpaired) electrons. The van der Waals surface area contributed by atoms with Crippen molar-refractivity contribution in [1.29, 1.82) is 0 Å². The fourth-order valence-corrected chi connectivity index (χ4v) is 2.42. The van der Waals surface area contributed by atoms with Gasteiger partial charge >= 0.3 is 0 Å². The van der Waals surface area contributed by atoms with Gasteiger partial charge in [-0.3, -0.25) is 9.59 Å². The van der Waals surface area contributed by atoms with E-state index in [1.807, 2.05) is 31.2 Å². The lowest BCUT2D eigenvalue weighted by atomic mass is 10.1. The zero-order chi connectivity index (χ0) is 17.1. The molecular formula is C18H21N3O3. The summed E-state index contributed by atoms with van der Waals surface area (Å²) in [4.78, 5) is 23.9. The van der Waals surface area contributed by atoms with E-state index in [0.29, 0.717) is 11.3 Å². The predicted octanol–water partition coefficient (Wildman–Crippen LogP) is 2.58. The molecule has 126 valence electrons. The van der Waals surface area contributed by atoms with Crippen molar-refractivity contribution in [3.63, 3.8) is 0 Å². The minimum Gasteiger partial charge on any atom is -0.467 e. The van der Waals surface area contributed by atoms with Crippen molar-refractivity contribution in [2.75, 3.05) is 5.32 Å². The summed E-state index contributed by atoms with van der Waals surface area (Å²) in [6.07, 6.45) is 3.36. The molecule has 1 aliphatic rings. The third-order valence-electron chi connectivity index (χ3n) is 4.09. The summed E-state index contributed by atoms with van der Waals surface area (Å²) in [5.41, 5.74) is 7.65. The Kier molecular flexibility index (Phi) is 4.66. The molecule has 6 nitrogen and oxygen atoms in total. The van der Waals surface area contributed by atoms with E-state index in [0.717, 1.165) is 24.1 Å². The van der Waals surface area contributed by atoms with E-state index >= 15 is 0 Å². The number of carbonyl (C=O) groups is 2. The van der Waals surface area contributed by atoms with Gasteiger partial charge in [-0.15, -0.1) is 0 Å². The molecule has 0 bridgehead atoms. The van der Waals surface area contributed by atoms with Crippen molar-refractivity contribution in [1.82, 2.24) is 5.32 Å². The quantitative estimate of drug-likeness (QED) is 0.759. The van der Waals surface area contributed by atoms with E-state index in [9.17, 15) is 9.59 Å². The Morgan fingerprint density at radius 2 is 2.00 bits per heavy atom. The first kappa shape index (κ1) is 16.3. The van der Waals surface area contributed by atoms with Crippen molar-refractivity contribution in [2.45, 2.75) is 32.4 Å². The number of amides is 2. The Hall–Kier alpha value is -2.60. The first-order chi connectivity index (χ1) is 11.6. The number of hydrogen-bond acceptors (Lipinski definition) is 4. The van der Waals surface area contributed by atoms with Gasteiger partial charge in [0.15, 0.2) is 0 Å². The molecule has 1 aromatic carbocycles. The van der Waals surface area contributed by atoms with E-state index in [-0.39, 0.29) is 30.3 Å². The Labute approximate surface area is 140 Å². The van der Waals surface area contributed by atoms with Crippen LogP contribution in [0.3, 0.4) is 0 Å². The highest BCUT2D eigenvalue weighted by atomic mass is 16.3. The van der Waals surface area contributed by atoms with E-state index in [1.165, 1.54) is 6.26 Å². The van der Waals surface area contributed by atoms with E-state index < -0.39 is 0 Å². The molecule has 3 rings (SSSR count). The molecule has 2 aromatic rings. The minimum atomic E-state index is -0.211. The number of benzene rings is 1. The molecular weight excluding hydrogens is 306 g/mol. The van der Waals surface area contributed by atoms with Gasteiger partial charge in [0, 0.05) is 11.6 Å². The van der Waals surface area contributed by atoms with Crippen LogP contribution >= 0.6 is 0 Å². The smallest absolute Gasteiger partial charge is 0.255 e. The lowest BCUT2D eigenvalue weighted by Crippen LogP contribution is -2.26. The van der Waals surface area contributed by atoms with Crippen molar-refractivity contribution in [3.05, 3.63) is 53.5 Å². The summed E-state index contributed by atoms with van der Waals surface area (Å²) in [5, 5.41) is 5.81. The van der Waals surface area contributed by atoms with Crippen LogP contribution in [-0.2, 0) is 11.3 Å². The molecule has 0 aliphatic heterocycles. The molecule has 0 spiro atoms. The molecule has 2 amide bonds. The molecule has 1 unspecified atom stereocenters. The molecule has 1 aromatic heterocycles. The lowest BCUT2D eigenvalue weighted by Gasteiger charge is -2.14. The average Bonchev–Trinajstić information content (AvgIpc) is 3.32. The molecule has 1 fully saturated rings. The Balaban J connectivity index is 1.58. The van der Waals surface area contributed by atoms with Crippen molar-refractivity contribution >= 4 is 17.5 Å². The van der Waals surface area contributed by atoms with Crippen LogP contribution in [0.4, 0.5) is 5.69 Å². The molecule has 1 saturated carbocycles. The largest absolute Gasteiger partial charge is 0.467 e. The molecule has 1 atom stereocenters. The maximum absolute atomic E-state index is 12.2. The van der Waals surface area contributed by atoms with Crippen LogP contribution in [0.5, 0.6) is 0 Å². The monoisotopic (exact) mass is 327 g/mol. The second-order valence-electron chi connectivity index (χ2n) is 6.09. The van der Waals surface area contributed by atoms with Gasteiger partial charge in [-0.1, -0.05) is 12.1 Å².